The summed E-state index contributed by atoms with van der Waals surface area (Å²) < 4.78 is 41.5. The van der Waals surface area contributed by atoms with Crippen molar-refractivity contribution in [2.75, 3.05) is 0 Å². The zero-order valence-corrected chi connectivity index (χ0v) is 12.4. The minimum atomic E-state index is -4.69. The molecule has 1 saturated carbocycles. The van der Waals surface area contributed by atoms with Gasteiger partial charge < -0.3 is 10.5 Å². The molecule has 1 aliphatic rings. The van der Waals surface area contributed by atoms with Gasteiger partial charge in [0.1, 0.15) is 5.75 Å². The van der Waals surface area contributed by atoms with E-state index in [2.05, 4.69) is 18.6 Å². The Balaban J connectivity index is 2.14. The zero-order valence-electron chi connectivity index (χ0n) is 12.4. The molecule has 0 radical (unpaired) electrons. The minimum Gasteiger partial charge on any atom is -0.405 e. The van der Waals surface area contributed by atoms with E-state index in [1.807, 2.05) is 0 Å². The van der Waals surface area contributed by atoms with Gasteiger partial charge in [-0.2, -0.15) is 0 Å². The Hall–Kier alpha value is -1.23. The third kappa shape index (κ3) is 4.37. The van der Waals surface area contributed by atoms with E-state index < -0.39 is 12.4 Å². The number of alkyl halides is 3. The average Bonchev–Trinajstić information content (AvgIpc) is 2.37. The van der Waals surface area contributed by atoms with Gasteiger partial charge in [0.05, 0.1) is 0 Å². The summed E-state index contributed by atoms with van der Waals surface area (Å²) in [5, 5.41) is 0. The largest absolute Gasteiger partial charge is 0.573 e. The summed E-state index contributed by atoms with van der Waals surface area (Å²) in [4.78, 5) is 0. The van der Waals surface area contributed by atoms with Crippen molar-refractivity contribution >= 4 is 0 Å². The lowest BCUT2D eigenvalue weighted by atomic mass is 9.70. The predicted octanol–water partition coefficient (Wildman–Crippen LogP) is 4.80. The molecule has 0 amide bonds. The number of ether oxygens (including phenoxy) is 1. The summed E-state index contributed by atoms with van der Waals surface area (Å²) in [5.41, 5.74) is 6.98. The SMILES string of the molecule is CC1(C)CCC(C(N)c2ccccc2OC(F)(F)F)CC1. The van der Waals surface area contributed by atoms with E-state index in [0.29, 0.717) is 11.0 Å². The van der Waals surface area contributed by atoms with Crippen LogP contribution in [0.15, 0.2) is 24.3 Å². The molecule has 2 nitrogen and oxygen atoms in total. The first-order valence-corrected chi connectivity index (χ1v) is 7.28. The molecular formula is C16H22F3NO. The first kappa shape index (κ1) is 16.1. The van der Waals surface area contributed by atoms with Gasteiger partial charge in [-0.3, -0.25) is 0 Å². The number of para-hydroxylation sites is 1. The molecule has 0 spiro atoms. The van der Waals surface area contributed by atoms with Crippen LogP contribution in [0.2, 0.25) is 0 Å². The minimum absolute atomic E-state index is 0.178. The van der Waals surface area contributed by atoms with Gasteiger partial charge in [-0.25, -0.2) is 0 Å². The second-order valence-electron chi connectivity index (χ2n) is 6.61. The molecule has 0 heterocycles. The Bertz CT molecular complexity index is 475. The van der Waals surface area contributed by atoms with Crippen LogP contribution in [0.25, 0.3) is 0 Å². The van der Waals surface area contributed by atoms with Gasteiger partial charge >= 0.3 is 6.36 Å². The van der Waals surface area contributed by atoms with E-state index in [1.165, 1.54) is 12.1 Å². The van der Waals surface area contributed by atoms with Crippen LogP contribution in [0.5, 0.6) is 5.75 Å². The highest BCUT2D eigenvalue weighted by Crippen LogP contribution is 2.43. The van der Waals surface area contributed by atoms with E-state index in [0.717, 1.165) is 25.7 Å². The molecule has 21 heavy (non-hydrogen) atoms. The van der Waals surface area contributed by atoms with Gasteiger partial charge in [0, 0.05) is 11.6 Å². The predicted molar refractivity (Wildman–Crippen MR) is 75.8 cm³/mol. The molecular weight excluding hydrogens is 279 g/mol. The number of hydrogen-bond acceptors (Lipinski definition) is 2. The lowest BCUT2D eigenvalue weighted by Crippen LogP contribution is -2.30. The van der Waals surface area contributed by atoms with E-state index in [9.17, 15) is 13.2 Å². The standard InChI is InChI=1S/C16H22F3NO/c1-15(2)9-7-11(8-10-15)14(20)12-5-3-4-6-13(12)21-16(17,18)19/h3-6,11,14H,7-10,20H2,1-2H3. The molecule has 1 aromatic rings. The van der Waals surface area contributed by atoms with Crippen LogP contribution < -0.4 is 10.5 Å². The molecule has 1 unspecified atom stereocenters. The van der Waals surface area contributed by atoms with Crippen molar-refractivity contribution in [2.45, 2.75) is 51.9 Å². The molecule has 0 saturated heterocycles. The maximum absolute atomic E-state index is 12.5. The van der Waals surface area contributed by atoms with Crippen LogP contribution in [-0.4, -0.2) is 6.36 Å². The average molecular weight is 301 g/mol. The Kier molecular flexibility index (Phi) is 4.51. The molecule has 2 N–H and O–H groups in total. The fourth-order valence-electron chi connectivity index (χ4n) is 3.01. The van der Waals surface area contributed by atoms with Gasteiger partial charge in [0.2, 0.25) is 0 Å². The molecule has 1 aliphatic carbocycles. The van der Waals surface area contributed by atoms with Crippen LogP contribution in [0.3, 0.4) is 0 Å². The second-order valence-corrected chi connectivity index (χ2v) is 6.61. The molecule has 2 rings (SSSR count). The first-order chi connectivity index (χ1) is 9.68. The van der Waals surface area contributed by atoms with Crippen molar-refractivity contribution in [1.29, 1.82) is 0 Å². The fourth-order valence-corrected chi connectivity index (χ4v) is 3.01. The Morgan fingerprint density at radius 2 is 1.76 bits per heavy atom. The van der Waals surface area contributed by atoms with Crippen LogP contribution in [0.4, 0.5) is 13.2 Å². The quantitative estimate of drug-likeness (QED) is 0.870. The third-order valence-corrected chi connectivity index (χ3v) is 4.40. The second kappa shape index (κ2) is 5.87. The van der Waals surface area contributed by atoms with Crippen LogP contribution in [0, 0.1) is 11.3 Å². The molecule has 0 bridgehead atoms. The maximum Gasteiger partial charge on any atom is 0.573 e. The van der Waals surface area contributed by atoms with Crippen molar-refractivity contribution in [3.05, 3.63) is 29.8 Å². The summed E-state index contributed by atoms with van der Waals surface area (Å²) in [5.74, 6) is 0.0262. The lowest BCUT2D eigenvalue weighted by molar-refractivity contribution is -0.275. The summed E-state index contributed by atoms with van der Waals surface area (Å²) in [6.45, 7) is 4.44. The van der Waals surface area contributed by atoms with Gasteiger partial charge in [-0.1, -0.05) is 32.0 Å². The van der Waals surface area contributed by atoms with Gasteiger partial charge in [0.25, 0.3) is 0 Å². The normalized spacial score (nSPS) is 21.0. The Morgan fingerprint density at radius 3 is 2.33 bits per heavy atom. The highest BCUT2D eigenvalue weighted by Gasteiger charge is 2.35. The van der Waals surface area contributed by atoms with Gasteiger partial charge in [-0.15, -0.1) is 13.2 Å². The summed E-state index contributed by atoms with van der Waals surface area (Å²) in [7, 11) is 0. The number of nitrogens with two attached hydrogens (primary N) is 1. The molecule has 118 valence electrons. The van der Waals surface area contributed by atoms with Gasteiger partial charge in [-0.05, 0) is 43.1 Å². The summed E-state index contributed by atoms with van der Waals surface area (Å²) >= 11 is 0. The molecule has 1 fully saturated rings. The number of halogens is 3. The van der Waals surface area contributed by atoms with Crippen LogP contribution in [-0.2, 0) is 0 Å². The van der Waals surface area contributed by atoms with Gasteiger partial charge in [0.15, 0.2) is 0 Å². The van der Waals surface area contributed by atoms with Crippen molar-refractivity contribution in [2.24, 2.45) is 17.1 Å². The molecule has 1 atom stereocenters. The molecule has 5 heteroatoms. The van der Waals surface area contributed by atoms with Crippen molar-refractivity contribution in [3.8, 4) is 5.75 Å². The molecule has 0 aromatic heterocycles. The Labute approximate surface area is 123 Å². The first-order valence-electron chi connectivity index (χ1n) is 7.28. The number of rotatable bonds is 3. The fraction of sp³-hybridized carbons (Fsp3) is 0.625. The van der Waals surface area contributed by atoms with E-state index in [-0.39, 0.29) is 11.7 Å². The maximum atomic E-state index is 12.5. The van der Waals surface area contributed by atoms with Crippen molar-refractivity contribution in [1.82, 2.24) is 0 Å². The van der Waals surface area contributed by atoms with E-state index >= 15 is 0 Å². The van der Waals surface area contributed by atoms with E-state index in [1.54, 1.807) is 12.1 Å². The van der Waals surface area contributed by atoms with Crippen LogP contribution >= 0.6 is 0 Å². The third-order valence-electron chi connectivity index (χ3n) is 4.40. The van der Waals surface area contributed by atoms with E-state index in [4.69, 9.17) is 5.73 Å². The number of hydrogen-bond donors (Lipinski definition) is 1. The summed E-state index contributed by atoms with van der Waals surface area (Å²) in [6, 6.07) is 5.77. The highest BCUT2D eigenvalue weighted by molar-refractivity contribution is 5.36. The highest BCUT2D eigenvalue weighted by atomic mass is 19.4. The van der Waals surface area contributed by atoms with Crippen molar-refractivity contribution < 1.29 is 17.9 Å². The summed E-state index contributed by atoms with van der Waals surface area (Å²) in [6.07, 6.45) is -0.714. The Morgan fingerprint density at radius 1 is 1.19 bits per heavy atom. The molecule has 0 aliphatic heterocycles. The monoisotopic (exact) mass is 301 g/mol. The smallest absolute Gasteiger partial charge is 0.405 e. The van der Waals surface area contributed by atoms with Crippen molar-refractivity contribution in [3.63, 3.8) is 0 Å². The molecule has 1 aromatic carbocycles. The zero-order chi connectivity index (χ0) is 15.7. The lowest BCUT2D eigenvalue weighted by Gasteiger charge is -2.37. The van der Waals surface area contributed by atoms with Crippen LogP contribution in [0.1, 0.15) is 51.1 Å². The topological polar surface area (TPSA) is 35.2 Å². The number of benzene rings is 1.